The minimum absolute atomic E-state index is 0.00216. The van der Waals surface area contributed by atoms with Crippen molar-refractivity contribution in [2.24, 2.45) is 0 Å². The molecule has 1 saturated heterocycles. The molecule has 1 aliphatic rings. The lowest BCUT2D eigenvalue weighted by atomic mass is 9.94. The summed E-state index contributed by atoms with van der Waals surface area (Å²) < 4.78 is 20.4. The molecule has 7 nitrogen and oxygen atoms in total. The van der Waals surface area contributed by atoms with Gasteiger partial charge >= 0.3 is 0 Å². The third kappa shape index (κ3) is 4.38. The van der Waals surface area contributed by atoms with Crippen molar-refractivity contribution in [1.82, 2.24) is 24.6 Å². The van der Waals surface area contributed by atoms with Crippen molar-refractivity contribution >= 4 is 5.91 Å². The predicted octanol–water partition coefficient (Wildman–Crippen LogP) is 3.21. The molecule has 0 radical (unpaired) electrons. The highest BCUT2D eigenvalue weighted by atomic mass is 19.1. The maximum Gasteiger partial charge on any atom is 0.250 e. The maximum atomic E-state index is 13.4. The lowest BCUT2D eigenvalue weighted by Crippen LogP contribution is -2.41. The summed E-state index contributed by atoms with van der Waals surface area (Å²) in [6.45, 7) is 3.81. The number of aromatic nitrogens is 4. The Labute approximate surface area is 174 Å². The molecule has 1 atom stereocenters. The fourth-order valence-corrected chi connectivity index (χ4v) is 3.73. The van der Waals surface area contributed by atoms with Crippen LogP contribution in [0.15, 0.2) is 48.8 Å². The van der Waals surface area contributed by atoms with Crippen LogP contribution in [0.4, 0.5) is 4.39 Å². The lowest BCUT2D eigenvalue weighted by Gasteiger charge is -2.32. The summed E-state index contributed by atoms with van der Waals surface area (Å²) >= 11 is 0. The van der Waals surface area contributed by atoms with Gasteiger partial charge < -0.3 is 9.64 Å². The highest BCUT2D eigenvalue weighted by Crippen LogP contribution is 2.31. The van der Waals surface area contributed by atoms with Crippen molar-refractivity contribution in [1.29, 1.82) is 0 Å². The van der Waals surface area contributed by atoms with Crippen LogP contribution in [0.3, 0.4) is 0 Å². The summed E-state index contributed by atoms with van der Waals surface area (Å²) in [5.41, 5.74) is 2.47. The van der Waals surface area contributed by atoms with Crippen LogP contribution in [0.25, 0.3) is 17.2 Å². The zero-order valence-electron chi connectivity index (χ0n) is 16.9. The summed E-state index contributed by atoms with van der Waals surface area (Å²) in [5, 5.41) is 4.72. The van der Waals surface area contributed by atoms with Gasteiger partial charge in [0.2, 0.25) is 5.91 Å². The summed E-state index contributed by atoms with van der Waals surface area (Å²) in [6.07, 6.45) is 5.17. The van der Waals surface area contributed by atoms with Crippen LogP contribution in [0.5, 0.6) is 0 Å². The molecule has 30 heavy (non-hydrogen) atoms. The number of ether oxygens (including phenoxy) is 1. The predicted molar refractivity (Wildman–Crippen MR) is 110 cm³/mol. The summed E-state index contributed by atoms with van der Waals surface area (Å²) in [5.74, 6) is 0.274. The first-order valence-corrected chi connectivity index (χ1v) is 10.1. The largest absolute Gasteiger partial charge is 0.372 e. The van der Waals surface area contributed by atoms with E-state index in [1.165, 1.54) is 12.1 Å². The minimum atomic E-state index is -0.291. The molecule has 0 aliphatic carbocycles. The first-order chi connectivity index (χ1) is 14.7. The fraction of sp³-hybridized carbons (Fsp3) is 0.364. The van der Waals surface area contributed by atoms with Gasteiger partial charge in [0.1, 0.15) is 12.4 Å². The highest BCUT2D eigenvalue weighted by molar-refractivity contribution is 5.77. The number of carbonyl (C=O) groups is 1. The number of benzene rings is 1. The molecule has 1 unspecified atom stereocenters. The summed E-state index contributed by atoms with van der Waals surface area (Å²) in [6, 6.07) is 9.99. The molecule has 3 heterocycles. The fourth-order valence-electron chi connectivity index (χ4n) is 3.73. The number of rotatable bonds is 6. The molecular formula is C22H24FN5O2. The molecule has 0 bridgehead atoms. The smallest absolute Gasteiger partial charge is 0.250 e. The van der Waals surface area contributed by atoms with Gasteiger partial charge in [0.15, 0.2) is 0 Å². The van der Waals surface area contributed by atoms with E-state index in [2.05, 4.69) is 9.97 Å². The Morgan fingerprint density at radius 1 is 1.23 bits per heavy atom. The van der Waals surface area contributed by atoms with Crippen molar-refractivity contribution in [2.45, 2.75) is 25.7 Å². The molecule has 0 spiro atoms. The average Bonchev–Trinajstić information content (AvgIpc) is 3.24. The molecule has 0 N–H and O–H groups in total. The van der Waals surface area contributed by atoms with Crippen LogP contribution in [-0.2, 0) is 9.53 Å². The zero-order chi connectivity index (χ0) is 20.9. The van der Waals surface area contributed by atoms with E-state index in [0.29, 0.717) is 19.1 Å². The molecule has 3 aromatic rings. The number of likely N-dealkylation sites (tertiary alicyclic amines) is 1. The van der Waals surface area contributed by atoms with Gasteiger partial charge in [-0.15, -0.1) is 0 Å². The first kappa shape index (κ1) is 20.2. The highest BCUT2D eigenvalue weighted by Gasteiger charge is 2.28. The van der Waals surface area contributed by atoms with E-state index in [4.69, 9.17) is 9.84 Å². The number of amides is 1. The number of hydrogen-bond donors (Lipinski definition) is 0. The first-order valence-electron chi connectivity index (χ1n) is 10.1. The minimum Gasteiger partial charge on any atom is -0.372 e. The van der Waals surface area contributed by atoms with Gasteiger partial charge in [0, 0.05) is 43.6 Å². The van der Waals surface area contributed by atoms with Crippen molar-refractivity contribution in [3.05, 3.63) is 60.3 Å². The average molecular weight is 409 g/mol. The zero-order valence-corrected chi connectivity index (χ0v) is 16.9. The molecule has 1 aromatic carbocycles. The number of nitrogens with zero attached hydrogens (tertiary/aromatic N) is 5. The maximum absolute atomic E-state index is 13.4. The van der Waals surface area contributed by atoms with Crippen molar-refractivity contribution in [2.75, 3.05) is 26.3 Å². The van der Waals surface area contributed by atoms with Crippen LogP contribution >= 0.6 is 0 Å². The molecule has 0 saturated carbocycles. The number of carbonyl (C=O) groups excluding carboxylic acids is 1. The molecule has 1 fully saturated rings. The molecule has 1 amide bonds. The van der Waals surface area contributed by atoms with Crippen LogP contribution in [0.1, 0.15) is 31.4 Å². The number of halogens is 1. The van der Waals surface area contributed by atoms with E-state index >= 15 is 0 Å². The number of hydrogen-bond acceptors (Lipinski definition) is 5. The molecule has 8 heteroatoms. The van der Waals surface area contributed by atoms with Crippen LogP contribution in [0, 0.1) is 5.82 Å². The van der Waals surface area contributed by atoms with Gasteiger partial charge in [0.05, 0.1) is 11.4 Å². The third-order valence-corrected chi connectivity index (χ3v) is 5.24. The van der Waals surface area contributed by atoms with E-state index in [-0.39, 0.29) is 24.2 Å². The van der Waals surface area contributed by atoms with Gasteiger partial charge in [-0.2, -0.15) is 5.10 Å². The second-order valence-electron chi connectivity index (χ2n) is 7.24. The lowest BCUT2D eigenvalue weighted by molar-refractivity contribution is -0.137. The molecule has 156 valence electrons. The van der Waals surface area contributed by atoms with Gasteiger partial charge in [-0.3, -0.25) is 4.79 Å². The van der Waals surface area contributed by atoms with Gasteiger partial charge in [-0.25, -0.2) is 19.0 Å². The van der Waals surface area contributed by atoms with E-state index in [1.54, 1.807) is 35.3 Å². The van der Waals surface area contributed by atoms with Crippen molar-refractivity contribution < 1.29 is 13.9 Å². The Balaban J connectivity index is 1.67. The third-order valence-electron chi connectivity index (χ3n) is 5.24. The molecular weight excluding hydrogens is 385 g/mol. The molecule has 2 aromatic heterocycles. The normalized spacial score (nSPS) is 16.6. The van der Waals surface area contributed by atoms with Crippen LogP contribution in [-0.4, -0.2) is 56.9 Å². The van der Waals surface area contributed by atoms with Gasteiger partial charge in [-0.05, 0) is 56.2 Å². The summed E-state index contributed by atoms with van der Waals surface area (Å²) in [7, 11) is 0. The Kier molecular flexibility index (Phi) is 6.13. The second kappa shape index (κ2) is 9.13. The topological polar surface area (TPSA) is 73.1 Å². The van der Waals surface area contributed by atoms with E-state index in [0.717, 1.165) is 36.3 Å². The van der Waals surface area contributed by atoms with Crippen molar-refractivity contribution in [3.8, 4) is 17.2 Å². The summed E-state index contributed by atoms with van der Waals surface area (Å²) in [4.78, 5) is 23.0. The quantitative estimate of drug-likeness (QED) is 0.625. The Bertz CT molecular complexity index is 991. The monoisotopic (exact) mass is 409 g/mol. The van der Waals surface area contributed by atoms with E-state index in [9.17, 15) is 9.18 Å². The molecule has 4 rings (SSSR count). The van der Waals surface area contributed by atoms with Gasteiger partial charge in [0.25, 0.3) is 5.95 Å². The molecule has 1 aliphatic heterocycles. The standard InChI is InChI=1S/C22H24FN5O2/c1-2-30-15-21(29)27-12-3-5-17(14-27)20-13-19(16-6-8-18(23)9-7-16)26-28(20)22-24-10-4-11-25-22/h4,6-11,13,17H,2-3,5,12,14-15H2,1H3. The number of piperidine rings is 1. The van der Waals surface area contributed by atoms with E-state index in [1.807, 2.05) is 17.9 Å². The second-order valence-corrected chi connectivity index (χ2v) is 7.24. The Hall–Kier alpha value is -3.13. The van der Waals surface area contributed by atoms with E-state index < -0.39 is 0 Å². The SMILES string of the molecule is CCOCC(=O)N1CCCC(c2cc(-c3ccc(F)cc3)nn2-c2ncccn2)C1. The Morgan fingerprint density at radius 2 is 2.00 bits per heavy atom. The van der Waals surface area contributed by atoms with Crippen LogP contribution < -0.4 is 0 Å². The van der Waals surface area contributed by atoms with Crippen LogP contribution in [0.2, 0.25) is 0 Å². The van der Waals surface area contributed by atoms with Gasteiger partial charge in [-0.1, -0.05) is 0 Å². The van der Waals surface area contributed by atoms with Crippen molar-refractivity contribution in [3.63, 3.8) is 0 Å². The Morgan fingerprint density at radius 3 is 2.73 bits per heavy atom.